The Morgan fingerprint density at radius 1 is 1.40 bits per heavy atom. The molecule has 1 saturated heterocycles. The summed E-state index contributed by atoms with van der Waals surface area (Å²) in [6, 6.07) is 7.37. The smallest absolute Gasteiger partial charge is 0.317 e. The Morgan fingerprint density at radius 3 is 3.00 bits per heavy atom. The minimum absolute atomic E-state index is 0.0589. The summed E-state index contributed by atoms with van der Waals surface area (Å²) in [6.07, 6.45) is 2.95. The van der Waals surface area contributed by atoms with Gasteiger partial charge < -0.3 is 24.5 Å². The van der Waals surface area contributed by atoms with Crippen LogP contribution in [0.3, 0.4) is 0 Å². The molecule has 0 bridgehead atoms. The van der Waals surface area contributed by atoms with Crippen molar-refractivity contribution in [2.75, 3.05) is 20.1 Å². The number of nitrogens with zero attached hydrogens (tertiary/aromatic N) is 3. The number of fused-ring (bicyclic) bond motifs is 1. The van der Waals surface area contributed by atoms with Gasteiger partial charge in [0.25, 0.3) is 5.91 Å². The van der Waals surface area contributed by atoms with Crippen LogP contribution in [-0.4, -0.2) is 57.9 Å². The summed E-state index contributed by atoms with van der Waals surface area (Å²) in [7, 11) is 1.76. The number of aryl methyl sites for hydroxylation is 1. The molecule has 3 aromatic rings. The van der Waals surface area contributed by atoms with Crippen molar-refractivity contribution < 1.29 is 14.0 Å². The van der Waals surface area contributed by atoms with E-state index in [4.69, 9.17) is 16.0 Å². The highest BCUT2D eigenvalue weighted by Gasteiger charge is 2.30. The van der Waals surface area contributed by atoms with E-state index in [2.05, 4.69) is 15.3 Å². The minimum atomic E-state index is -0.177. The molecule has 0 aliphatic carbocycles. The fourth-order valence-corrected chi connectivity index (χ4v) is 4.02. The predicted octanol–water partition coefficient (Wildman–Crippen LogP) is 3.56. The number of likely N-dealkylation sites (tertiary alicyclic amines) is 1. The molecule has 1 aliphatic rings. The third kappa shape index (κ3) is 4.14. The van der Waals surface area contributed by atoms with Crippen molar-refractivity contribution in [3.8, 4) is 0 Å². The summed E-state index contributed by atoms with van der Waals surface area (Å²) in [4.78, 5) is 36.1. The Hall–Kier alpha value is -3.00. The second-order valence-corrected chi connectivity index (χ2v) is 8.04. The summed E-state index contributed by atoms with van der Waals surface area (Å²) in [6.45, 7) is 3.22. The van der Waals surface area contributed by atoms with Gasteiger partial charge in [-0.1, -0.05) is 11.6 Å². The first-order valence-corrected chi connectivity index (χ1v) is 10.3. The van der Waals surface area contributed by atoms with Gasteiger partial charge in [-0.2, -0.15) is 0 Å². The molecule has 0 radical (unpaired) electrons. The van der Waals surface area contributed by atoms with E-state index in [1.807, 2.05) is 24.3 Å². The molecule has 1 atom stereocenters. The molecule has 158 valence electrons. The summed E-state index contributed by atoms with van der Waals surface area (Å²) >= 11 is 6.03. The van der Waals surface area contributed by atoms with Crippen LogP contribution in [-0.2, 0) is 6.54 Å². The van der Waals surface area contributed by atoms with Crippen LogP contribution in [0.2, 0.25) is 5.02 Å². The maximum Gasteiger partial charge on any atom is 0.317 e. The molecule has 1 fully saturated rings. The SMILES string of the molecule is Cc1ocnc1C(=O)N1CCC[C@@H](N(C)C(=O)NCc2cc3cc(Cl)ccc3[nH]2)C1. The van der Waals surface area contributed by atoms with Crippen LogP contribution >= 0.6 is 11.6 Å². The number of halogens is 1. The normalized spacial score (nSPS) is 16.6. The van der Waals surface area contributed by atoms with Crippen molar-refractivity contribution in [3.63, 3.8) is 0 Å². The van der Waals surface area contributed by atoms with Gasteiger partial charge in [0.15, 0.2) is 12.1 Å². The Bertz CT molecular complexity index is 1080. The number of carbonyl (C=O) groups excluding carboxylic acids is 2. The zero-order valence-corrected chi connectivity index (χ0v) is 17.7. The molecule has 3 amide bonds. The molecule has 0 unspecified atom stereocenters. The Labute approximate surface area is 179 Å². The van der Waals surface area contributed by atoms with Crippen LogP contribution in [0.4, 0.5) is 4.79 Å². The molecule has 0 saturated carbocycles. The first kappa shape index (κ1) is 20.3. The molecule has 1 aromatic carbocycles. The number of urea groups is 1. The highest BCUT2D eigenvalue weighted by Crippen LogP contribution is 2.21. The number of hydrogen-bond donors (Lipinski definition) is 2. The van der Waals surface area contributed by atoms with Crippen molar-refractivity contribution in [1.29, 1.82) is 0 Å². The van der Waals surface area contributed by atoms with Gasteiger partial charge in [0.05, 0.1) is 12.6 Å². The van der Waals surface area contributed by atoms with Gasteiger partial charge in [0.2, 0.25) is 0 Å². The quantitative estimate of drug-likeness (QED) is 0.662. The first-order chi connectivity index (χ1) is 14.4. The standard InChI is InChI=1S/C21H24ClN5O3/c1-13-19(24-12-30-13)20(28)27-7-3-4-17(11-27)26(2)21(29)23-10-16-9-14-8-15(22)5-6-18(14)25-16/h5-6,8-9,12,17,25H,3-4,7,10-11H2,1-2H3,(H,23,29)/t17-/m1/s1. The van der Waals surface area contributed by atoms with Crippen LogP contribution < -0.4 is 5.32 Å². The zero-order chi connectivity index (χ0) is 21.3. The van der Waals surface area contributed by atoms with Crippen LogP contribution in [0.15, 0.2) is 35.1 Å². The Balaban J connectivity index is 1.35. The fraction of sp³-hybridized carbons (Fsp3) is 0.381. The van der Waals surface area contributed by atoms with E-state index in [1.165, 1.54) is 6.39 Å². The molecular weight excluding hydrogens is 406 g/mol. The summed E-state index contributed by atoms with van der Waals surface area (Å²) in [5.41, 5.74) is 2.21. The number of oxazole rings is 1. The van der Waals surface area contributed by atoms with Crippen molar-refractivity contribution in [2.24, 2.45) is 0 Å². The average molecular weight is 430 g/mol. The second-order valence-electron chi connectivity index (χ2n) is 7.60. The average Bonchev–Trinajstić information content (AvgIpc) is 3.36. The number of nitrogens with one attached hydrogen (secondary N) is 2. The summed E-state index contributed by atoms with van der Waals surface area (Å²) in [5, 5.41) is 4.62. The number of likely N-dealkylation sites (N-methyl/N-ethyl adjacent to an activating group) is 1. The molecule has 8 nitrogen and oxygen atoms in total. The van der Waals surface area contributed by atoms with Gasteiger partial charge in [0.1, 0.15) is 5.76 Å². The number of rotatable bonds is 4. The molecule has 2 aromatic heterocycles. The van der Waals surface area contributed by atoms with Gasteiger partial charge in [-0.3, -0.25) is 4.79 Å². The molecule has 3 heterocycles. The molecule has 4 rings (SSSR count). The van der Waals surface area contributed by atoms with Crippen LogP contribution in [0.25, 0.3) is 10.9 Å². The monoisotopic (exact) mass is 429 g/mol. The van der Waals surface area contributed by atoms with E-state index >= 15 is 0 Å². The lowest BCUT2D eigenvalue weighted by molar-refractivity contribution is 0.0629. The van der Waals surface area contributed by atoms with E-state index in [9.17, 15) is 9.59 Å². The number of piperidine rings is 1. The van der Waals surface area contributed by atoms with Crippen LogP contribution in [0.1, 0.15) is 34.8 Å². The number of hydrogen-bond acceptors (Lipinski definition) is 4. The molecular formula is C21H24ClN5O3. The van der Waals surface area contributed by atoms with Crippen molar-refractivity contribution in [2.45, 2.75) is 32.4 Å². The highest BCUT2D eigenvalue weighted by molar-refractivity contribution is 6.31. The molecule has 0 spiro atoms. The third-order valence-electron chi connectivity index (χ3n) is 5.57. The number of benzene rings is 1. The molecule has 30 heavy (non-hydrogen) atoms. The molecule has 2 N–H and O–H groups in total. The van der Waals surface area contributed by atoms with E-state index in [-0.39, 0.29) is 18.0 Å². The van der Waals surface area contributed by atoms with Gasteiger partial charge in [0, 0.05) is 41.8 Å². The second kappa shape index (κ2) is 8.39. The van der Waals surface area contributed by atoms with E-state index in [0.29, 0.717) is 36.1 Å². The van der Waals surface area contributed by atoms with Gasteiger partial charge >= 0.3 is 6.03 Å². The predicted molar refractivity (Wildman–Crippen MR) is 113 cm³/mol. The van der Waals surface area contributed by atoms with Crippen molar-refractivity contribution in [3.05, 3.63) is 52.8 Å². The topological polar surface area (TPSA) is 94.5 Å². The largest absolute Gasteiger partial charge is 0.448 e. The van der Waals surface area contributed by atoms with E-state index in [0.717, 1.165) is 29.4 Å². The van der Waals surface area contributed by atoms with Crippen LogP contribution in [0, 0.1) is 6.92 Å². The lowest BCUT2D eigenvalue weighted by Crippen LogP contribution is -2.52. The number of amides is 3. The lowest BCUT2D eigenvalue weighted by Gasteiger charge is -2.37. The maximum atomic E-state index is 12.7. The number of carbonyl (C=O) groups is 2. The Kier molecular flexibility index (Phi) is 5.67. The summed E-state index contributed by atoms with van der Waals surface area (Å²) < 4.78 is 5.15. The minimum Gasteiger partial charge on any atom is -0.448 e. The van der Waals surface area contributed by atoms with Gasteiger partial charge in [-0.05, 0) is 44.0 Å². The first-order valence-electron chi connectivity index (χ1n) is 9.89. The maximum absolute atomic E-state index is 12.7. The lowest BCUT2D eigenvalue weighted by atomic mass is 10.0. The number of aromatic amines is 1. The fourth-order valence-electron chi connectivity index (χ4n) is 3.84. The molecule has 1 aliphatic heterocycles. The van der Waals surface area contributed by atoms with Gasteiger partial charge in [-0.25, -0.2) is 9.78 Å². The highest BCUT2D eigenvalue weighted by atomic mass is 35.5. The Morgan fingerprint density at radius 2 is 2.23 bits per heavy atom. The van der Waals surface area contributed by atoms with Gasteiger partial charge in [-0.15, -0.1) is 0 Å². The van der Waals surface area contributed by atoms with E-state index in [1.54, 1.807) is 23.8 Å². The number of H-pyrrole nitrogens is 1. The third-order valence-corrected chi connectivity index (χ3v) is 5.80. The summed E-state index contributed by atoms with van der Waals surface area (Å²) in [5.74, 6) is 0.351. The van der Waals surface area contributed by atoms with E-state index < -0.39 is 0 Å². The van der Waals surface area contributed by atoms with Crippen LogP contribution in [0.5, 0.6) is 0 Å². The van der Waals surface area contributed by atoms with Crippen molar-refractivity contribution >= 4 is 34.4 Å². The van der Waals surface area contributed by atoms with Crippen molar-refractivity contribution in [1.82, 2.24) is 25.1 Å². The zero-order valence-electron chi connectivity index (χ0n) is 16.9. The number of aromatic nitrogens is 2. The molecule has 9 heteroatoms.